The van der Waals surface area contributed by atoms with Crippen LogP contribution in [-0.4, -0.2) is 44.0 Å². The minimum Gasteiger partial charge on any atom is -0.357 e. The van der Waals surface area contributed by atoms with Crippen LogP contribution in [0.3, 0.4) is 0 Å². The van der Waals surface area contributed by atoms with Crippen LogP contribution in [0.2, 0.25) is 0 Å². The maximum absolute atomic E-state index is 13.7. The Morgan fingerprint density at radius 1 is 1.26 bits per heavy atom. The number of halogens is 2. The normalized spacial score (nSPS) is 15.8. The zero-order chi connectivity index (χ0) is 19.2. The fraction of sp³-hybridized carbons (Fsp3) is 0.600. The third kappa shape index (κ3) is 6.33. The number of hydrogen-bond acceptors (Lipinski definition) is 2. The number of benzene rings is 1. The first kappa shape index (κ1) is 23.7. The third-order valence-corrected chi connectivity index (χ3v) is 5.01. The second kappa shape index (κ2) is 10.8. The molecule has 0 spiro atoms. The van der Waals surface area contributed by atoms with Crippen molar-refractivity contribution in [2.45, 2.75) is 46.1 Å². The van der Waals surface area contributed by atoms with Gasteiger partial charge in [-0.1, -0.05) is 25.0 Å². The average molecular weight is 490 g/mol. The molecule has 1 aliphatic carbocycles. The molecule has 1 aromatic carbocycles. The highest BCUT2D eigenvalue weighted by Crippen LogP contribution is 2.38. The molecule has 0 aliphatic heterocycles. The molecule has 0 aromatic heterocycles. The second-order valence-corrected chi connectivity index (χ2v) is 7.32. The molecule has 0 radical (unpaired) electrons. The molecule has 0 atom stereocenters. The molecule has 2 rings (SSSR count). The van der Waals surface area contributed by atoms with Gasteiger partial charge in [-0.2, -0.15) is 0 Å². The quantitative estimate of drug-likeness (QED) is 0.365. The summed E-state index contributed by atoms with van der Waals surface area (Å²) in [5.41, 5.74) is 1.11. The van der Waals surface area contributed by atoms with Gasteiger partial charge in [0.2, 0.25) is 5.91 Å². The Hall–Kier alpha value is -1.38. The molecule has 1 saturated carbocycles. The summed E-state index contributed by atoms with van der Waals surface area (Å²) >= 11 is 0. The molecular formula is C20H32FIN4O. The number of guanidine groups is 1. The molecule has 7 heteroatoms. The van der Waals surface area contributed by atoms with Gasteiger partial charge in [-0.3, -0.25) is 4.79 Å². The van der Waals surface area contributed by atoms with Gasteiger partial charge in [0.25, 0.3) is 0 Å². The van der Waals surface area contributed by atoms with Crippen molar-refractivity contribution in [3.8, 4) is 0 Å². The lowest BCUT2D eigenvalue weighted by molar-refractivity contribution is -0.138. The summed E-state index contributed by atoms with van der Waals surface area (Å²) in [7, 11) is 3.63. The summed E-state index contributed by atoms with van der Waals surface area (Å²) in [5.74, 6) is 0.627. The number of nitrogens with zero attached hydrogens (tertiary/aromatic N) is 2. The van der Waals surface area contributed by atoms with Gasteiger partial charge in [0.05, 0.1) is 12.0 Å². The summed E-state index contributed by atoms with van der Waals surface area (Å²) in [5, 5.41) is 6.54. The van der Waals surface area contributed by atoms with Crippen molar-refractivity contribution in [2.24, 2.45) is 10.4 Å². The van der Waals surface area contributed by atoms with Gasteiger partial charge in [0.1, 0.15) is 5.82 Å². The highest BCUT2D eigenvalue weighted by molar-refractivity contribution is 14.0. The first-order valence-corrected chi connectivity index (χ1v) is 9.37. The molecule has 0 unspecified atom stereocenters. The largest absolute Gasteiger partial charge is 0.357 e. The molecule has 0 bridgehead atoms. The zero-order valence-corrected chi connectivity index (χ0v) is 19.1. The van der Waals surface area contributed by atoms with Gasteiger partial charge in [-0.15, -0.1) is 24.0 Å². The Bertz CT molecular complexity index is 657. The first-order valence-electron chi connectivity index (χ1n) is 9.37. The third-order valence-electron chi connectivity index (χ3n) is 5.01. The minimum absolute atomic E-state index is 0. The van der Waals surface area contributed by atoms with Crippen molar-refractivity contribution in [1.29, 1.82) is 0 Å². The SMILES string of the molecule is CCNC(=NCc1ccc(C)c(F)c1)NCC1(C(=O)N(C)C)CCCC1.I. The van der Waals surface area contributed by atoms with Crippen LogP contribution in [0.15, 0.2) is 23.2 Å². The lowest BCUT2D eigenvalue weighted by atomic mass is 9.84. The molecule has 0 heterocycles. The zero-order valence-electron chi connectivity index (χ0n) is 16.8. The van der Waals surface area contributed by atoms with Crippen LogP contribution in [0.1, 0.15) is 43.7 Å². The summed E-state index contributed by atoms with van der Waals surface area (Å²) in [4.78, 5) is 18.9. The number of carbonyl (C=O) groups is 1. The van der Waals surface area contributed by atoms with E-state index in [1.807, 2.05) is 27.1 Å². The van der Waals surface area contributed by atoms with Crippen LogP contribution in [0.25, 0.3) is 0 Å². The Morgan fingerprint density at radius 3 is 2.48 bits per heavy atom. The van der Waals surface area contributed by atoms with E-state index in [4.69, 9.17) is 0 Å². The predicted octanol–water partition coefficient (Wildman–Crippen LogP) is 3.46. The molecule has 0 saturated heterocycles. The van der Waals surface area contributed by atoms with Gasteiger partial charge >= 0.3 is 0 Å². The van der Waals surface area contributed by atoms with E-state index in [9.17, 15) is 9.18 Å². The first-order chi connectivity index (χ1) is 12.4. The number of aliphatic imine (C=N–C) groups is 1. The van der Waals surface area contributed by atoms with Crippen molar-refractivity contribution < 1.29 is 9.18 Å². The fourth-order valence-corrected chi connectivity index (χ4v) is 3.49. The maximum atomic E-state index is 13.7. The smallest absolute Gasteiger partial charge is 0.230 e. The van der Waals surface area contributed by atoms with Crippen LogP contribution >= 0.6 is 24.0 Å². The molecule has 152 valence electrons. The summed E-state index contributed by atoms with van der Waals surface area (Å²) in [6.07, 6.45) is 3.97. The molecule has 1 aliphatic rings. The highest BCUT2D eigenvalue weighted by atomic mass is 127. The van der Waals surface area contributed by atoms with Crippen LogP contribution in [0.4, 0.5) is 4.39 Å². The van der Waals surface area contributed by atoms with Crippen molar-refractivity contribution in [3.63, 3.8) is 0 Å². The lowest BCUT2D eigenvalue weighted by Gasteiger charge is -2.31. The van der Waals surface area contributed by atoms with E-state index in [1.54, 1.807) is 17.9 Å². The Morgan fingerprint density at radius 2 is 1.93 bits per heavy atom. The Kier molecular flexibility index (Phi) is 9.49. The molecular weight excluding hydrogens is 458 g/mol. The van der Waals surface area contributed by atoms with E-state index in [1.165, 1.54) is 6.07 Å². The topological polar surface area (TPSA) is 56.7 Å². The summed E-state index contributed by atoms with van der Waals surface area (Å²) in [6, 6.07) is 5.18. The van der Waals surface area contributed by atoms with E-state index in [2.05, 4.69) is 15.6 Å². The van der Waals surface area contributed by atoms with Gasteiger partial charge < -0.3 is 15.5 Å². The van der Waals surface area contributed by atoms with Crippen molar-refractivity contribution >= 4 is 35.8 Å². The number of aryl methyl sites for hydroxylation is 1. The maximum Gasteiger partial charge on any atom is 0.230 e. The monoisotopic (exact) mass is 490 g/mol. The number of amides is 1. The molecule has 1 aromatic rings. The van der Waals surface area contributed by atoms with Crippen LogP contribution in [0.5, 0.6) is 0 Å². The second-order valence-electron chi connectivity index (χ2n) is 7.32. The number of rotatable bonds is 6. The van der Waals surface area contributed by atoms with Crippen molar-refractivity contribution in [3.05, 3.63) is 35.1 Å². The van der Waals surface area contributed by atoms with Crippen molar-refractivity contribution in [1.82, 2.24) is 15.5 Å². The van der Waals surface area contributed by atoms with Crippen LogP contribution in [-0.2, 0) is 11.3 Å². The highest BCUT2D eigenvalue weighted by Gasteiger charge is 2.42. The minimum atomic E-state index is -0.352. The van der Waals surface area contributed by atoms with E-state index in [0.29, 0.717) is 24.6 Å². The van der Waals surface area contributed by atoms with E-state index in [0.717, 1.165) is 37.8 Å². The molecule has 1 amide bonds. The molecule has 2 N–H and O–H groups in total. The molecule has 27 heavy (non-hydrogen) atoms. The van der Waals surface area contributed by atoms with E-state index < -0.39 is 0 Å². The van der Waals surface area contributed by atoms with Crippen LogP contribution < -0.4 is 10.6 Å². The van der Waals surface area contributed by atoms with Gasteiger partial charge in [-0.25, -0.2) is 9.38 Å². The Balaban J connectivity index is 0.00000364. The summed E-state index contributed by atoms with van der Waals surface area (Å²) in [6.45, 7) is 5.43. The number of hydrogen-bond donors (Lipinski definition) is 2. The number of carbonyl (C=O) groups excluding carboxylic acids is 1. The van der Waals surface area contributed by atoms with Crippen LogP contribution in [0, 0.1) is 18.2 Å². The lowest BCUT2D eigenvalue weighted by Crippen LogP contribution is -2.49. The predicted molar refractivity (Wildman–Crippen MR) is 119 cm³/mol. The van der Waals surface area contributed by atoms with Gasteiger partial charge in [0, 0.05) is 27.2 Å². The van der Waals surface area contributed by atoms with E-state index in [-0.39, 0.29) is 41.1 Å². The fourth-order valence-electron chi connectivity index (χ4n) is 3.49. The average Bonchev–Trinajstić information content (AvgIpc) is 3.09. The van der Waals surface area contributed by atoms with Gasteiger partial charge in [-0.05, 0) is 43.9 Å². The summed E-state index contributed by atoms with van der Waals surface area (Å²) < 4.78 is 13.7. The molecule has 1 fully saturated rings. The van der Waals surface area contributed by atoms with Gasteiger partial charge in [0.15, 0.2) is 5.96 Å². The van der Waals surface area contributed by atoms with Crippen molar-refractivity contribution in [2.75, 3.05) is 27.2 Å². The molecule has 5 nitrogen and oxygen atoms in total. The Labute approximate surface area is 179 Å². The standard InChI is InChI=1S/C20H31FN4O.HI/c1-5-22-19(23-13-16-9-8-15(2)17(21)12-16)24-14-20(10-6-7-11-20)18(26)25(3)4;/h8-9,12H,5-7,10-11,13-14H2,1-4H3,(H2,22,23,24);1H. The number of nitrogens with one attached hydrogen (secondary N) is 2. The van der Waals surface area contributed by atoms with E-state index >= 15 is 0 Å².